The zero-order chi connectivity index (χ0) is 27.5. The molecule has 2 aliphatic heterocycles. The maximum Gasteiger partial charge on any atom is 0.229 e. The average molecular weight is 540 g/mol. The first kappa shape index (κ1) is 26.5. The highest BCUT2D eigenvalue weighted by Gasteiger charge is 2.27. The summed E-state index contributed by atoms with van der Waals surface area (Å²) in [6, 6.07) is 20.9. The molecule has 0 spiro atoms. The highest BCUT2D eigenvalue weighted by atomic mass is 16.5. The Labute approximate surface area is 235 Å². The number of aliphatic hydroxyl groups excluding tert-OH is 1. The van der Waals surface area contributed by atoms with Gasteiger partial charge in [-0.05, 0) is 68.0 Å². The van der Waals surface area contributed by atoms with Gasteiger partial charge in [0, 0.05) is 30.8 Å². The Morgan fingerprint density at radius 1 is 0.975 bits per heavy atom. The zero-order valence-electron chi connectivity index (χ0n) is 23.3. The molecule has 0 amide bonds. The quantitative estimate of drug-likeness (QED) is 0.356. The number of anilines is 2. The zero-order valence-corrected chi connectivity index (χ0v) is 23.3. The molecule has 1 N–H and O–H groups in total. The maximum absolute atomic E-state index is 9.84. The number of ether oxygens (including phenoxy) is 2. The summed E-state index contributed by atoms with van der Waals surface area (Å²) in [7, 11) is 1.61. The van der Waals surface area contributed by atoms with Gasteiger partial charge in [0.1, 0.15) is 11.6 Å². The third kappa shape index (κ3) is 5.46. The SMILES string of the molecule is COc1ccc(-c2ccc3c(N4CCOC[C@@H]4C)nc(N4CCC(Cc5ccccc5)CC4)nc3n2)cc1CO. The molecule has 6 rings (SSSR count). The van der Waals surface area contributed by atoms with Gasteiger partial charge in [-0.2, -0.15) is 9.97 Å². The standard InChI is InChI=1S/C32H37N5O3/c1-22-21-40-17-16-37(22)31-27-9-10-28(25-8-11-29(39-2)26(19-25)20-38)33-30(27)34-32(35-31)36-14-12-24(13-15-36)18-23-6-4-3-5-7-23/h3-11,19,22,24,38H,12-18,20-21H2,1-2H3/t22-/m0/s1. The lowest BCUT2D eigenvalue weighted by molar-refractivity contribution is 0.0987. The van der Waals surface area contributed by atoms with Crippen molar-refractivity contribution in [3.8, 4) is 17.0 Å². The lowest BCUT2D eigenvalue weighted by Crippen LogP contribution is -2.44. The Morgan fingerprint density at radius 2 is 1.80 bits per heavy atom. The number of piperidine rings is 1. The third-order valence-corrected chi connectivity index (χ3v) is 8.18. The van der Waals surface area contributed by atoms with Gasteiger partial charge < -0.3 is 24.4 Å². The molecule has 8 heteroatoms. The molecule has 208 valence electrons. The van der Waals surface area contributed by atoms with Gasteiger partial charge in [0.15, 0.2) is 5.65 Å². The number of fused-ring (bicyclic) bond motifs is 1. The minimum atomic E-state index is -0.101. The smallest absolute Gasteiger partial charge is 0.229 e. The number of nitrogens with zero attached hydrogens (tertiary/aromatic N) is 5. The van der Waals surface area contributed by atoms with Crippen LogP contribution in [0.2, 0.25) is 0 Å². The van der Waals surface area contributed by atoms with E-state index in [0.717, 1.165) is 72.9 Å². The molecule has 2 saturated heterocycles. The van der Waals surface area contributed by atoms with Crippen LogP contribution in [-0.4, -0.2) is 66.1 Å². The number of hydrogen-bond acceptors (Lipinski definition) is 8. The van der Waals surface area contributed by atoms with E-state index in [1.807, 2.05) is 24.3 Å². The number of hydrogen-bond donors (Lipinski definition) is 1. The van der Waals surface area contributed by atoms with E-state index in [1.54, 1.807) is 7.11 Å². The van der Waals surface area contributed by atoms with Gasteiger partial charge in [-0.15, -0.1) is 0 Å². The molecule has 2 fully saturated rings. The van der Waals surface area contributed by atoms with Crippen LogP contribution >= 0.6 is 0 Å². The summed E-state index contributed by atoms with van der Waals surface area (Å²) >= 11 is 0. The van der Waals surface area contributed by atoms with E-state index >= 15 is 0 Å². The summed E-state index contributed by atoms with van der Waals surface area (Å²) in [6.45, 7) is 6.07. The van der Waals surface area contributed by atoms with Crippen molar-refractivity contribution < 1.29 is 14.6 Å². The Bertz CT molecular complexity index is 1460. The van der Waals surface area contributed by atoms with Crippen molar-refractivity contribution in [1.82, 2.24) is 15.0 Å². The Kier molecular flexibility index (Phi) is 7.80. The number of morpholine rings is 1. The van der Waals surface area contributed by atoms with Crippen molar-refractivity contribution in [3.05, 3.63) is 71.8 Å². The molecule has 0 aliphatic carbocycles. The Morgan fingerprint density at radius 3 is 2.55 bits per heavy atom. The van der Waals surface area contributed by atoms with Crippen LogP contribution in [0.3, 0.4) is 0 Å². The van der Waals surface area contributed by atoms with Crippen LogP contribution in [0.25, 0.3) is 22.3 Å². The van der Waals surface area contributed by atoms with Gasteiger partial charge in [0.05, 0.1) is 44.1 Å². The number of aliphatic hydroxyl groups is 1. The predicted molar refractivity (Wildman–Crippen MR) is 158 cm³/mol. The van der Waals surface area contributed by atoms with Crippen molar-refractivity contribution >= 4 is 22.8 Å². The van der Waals surface area contributed by atoms with Gasteiger partial charge in [-0.25, -0.2) is 4.98 Å². The fourth-order valence-corrected chi connectivity index (χ4v) is 5.89. The number of aromatic nitrogens is 3. The van der Waals surface area contributed by atoms with Crippen LogP contribution in [0.4, 0.5) is 11.8 Å². The number of methoxy groups -OCH3 is 1. The first-order valence-electron chi connectivity index (χ1n) is 14.2. The van der Waals surface area contributed by atoms with Crippen molar-refractivity contribution in [2.75, 3.05) is 49.8 Å². The molecule has 4 aromatic rings. The van der Waals surface area contributed by atoms with E-state index in [1.165, 1.54) is 5.56 Å². The summed E-state index contributed by atoms with van der Waals surface area (Å²) in [5, 5.41) is 10.8. The Hall–Kier alpha value is -3.75. The summed E-state index contributed by atoms with van der Waals surface area (Å²) in [5.41, 5.74) is 4.54. The molecule has 8 nitrogen and oxygen atoms in total. The van der Waals surface area contributed by atoms with Crippen LogP contribution in [0.5, 0.6) is 5.75 Å². The van der Waals surface area contributed by atoms with Gasteiger partial charge in [-0.3, -0.25) is 0 Å². The van der Waals surface area contributed by atoms with Crippen LogP contribution in [0, 0.1) is 5.92 Å². The summed E-state index contributed by atoms with van der Waals surface area (Å²) < 4.78 is 11.1. The van der Waals surface area contributed by atoms with Crippen molar-refractivity contribution in [3.63, 3.8) is 0 Å². The highest BCUT2D eigenvalue weighted by Crippen LogP contribution is 2.33. The summed E-state index contributed by atoms with van der Waals surface area (Å²) in [5.74, 6) is 3.00. The van der Waals surface area contributed by atoms with Gasteiger partial charge in [-0.1, -0.05) is 30.3 Å². The van der Waals surface area contributed by atoms with Crippen LogP contribution in [-0.2, 0) is 17.8 Å². The van der Waals surface area contributed by atoms with E-state index in [4.69, 9.17) is 24.4 Å². The normalized spacial score (nSPS) is 18.3. The molecule has 0 bridgehead atoms. The molecule has 4 heterocycles. The van der Waals surface area contributed by atoms with Crippen LogP contribution < -0.4 is 14.5 Å². The lowest BCUT2D eigenvalue weighted by atomic mass is 9.90. The van der Waals surface area contributed by atoms with E-state index in [0.29, 0.717) is 30.5 Å². The molecule has 2 aromatic carbocycles. The third-order valence-electron chi connectivity index (χ3n) is 8.18. The predicted octanol–water partition coefficient (Wildman–Crippen LogP) is 4.88. The van der Waals surface area contributed by atoms with Crippen molar-refractivity contribution in [1.29, 1.82) is 0 Å². The molecule has 0 unspecified atom stereocenters. The van der Waals surface area contributed by atoms with Gasteiger partial charge in [0.25, 0.3) is 0 Å². The minimum absolute atomic E-state index is 0.101. The molecule has 2 aliphatic rings. The van der Waals surface area contributed by atoms with Gasteiger partial charge in [0.2, 0.25) is 5.95 Å². The topological polar surface area (TPSA) is 83.8 Å². The van der Waals surface area contributed by atoms with Crippen LogP contribution in [0.15, 0.2) is 60.7 Å². The summed E-state index contributed by atoms with van der Waals surface area (Å²) in [4.78, 5) is 19.9. The second kappa shape index (κ2) is 11.8. The maximum atomic E-state index is 9.84. The molecule has 2 aromatic heterocycles. The largest absolute Gasteiger partial charge is 0.496 e. The fourth-order valence-electron chi connectivity index (χ4n) is 5.89. The minimum Gasteiger partial charge on any atom is -0.496 e. The van der Waals surface area contributed by atoms with Gasteiger partial charge >= 0.3 is 0 Å². The fraction of sp³-hybridized carbons (Fsp3) is 0.406. The average Bonchev–Trinajstić information content (AvgIpc) is 3.01. The Balaban J connectivity index is 1.33. The lowest BCUT2D eigenvalue weighted by Gasteiger charge is -2.36. The molecule has 40 heavy (non-hydrogen) atoms. The van der Waals surface area contributed by atoms with Crippen molar-refractivity contribution in [2.45, 2.75) is 38.8 Å². The molecule has 0 saturated carbocycles. The van der Waals surface area contributed by atoms with E-state index in [-0.39, 0.29) is 12.6 Å². The first-order valence-corrected chi connectivity index (χ1v) is 14.2. The first-order chi connectivity index (χ1) is 19.6. The highest BCUT2D eigenvalue weighted by molar-refractivity contribution is 5.90. The molecule has 1 atom stereocenters. The number of rotatable bonds is 7. The van der Waals surface area contributed by atoms with Crippen LogP contribution in [0.1, 0.15) is 30.9 Å². The second-order valence-electron chi connectivity index (χ2n) is 10.8. The van der Waals surface area contributed by atoms with E-state index < -0.39 is 0 Å². The van der Waals surface area contributed by atoms with Crippen molar-refractivity contribution in [2.24, 2.45) is 5.92 Å². The number of benzene rings is 2. The second-order valence-corrected chi connectivity index (χ2v) is 10.8. The molecular formula is C32H37N5O3. The van der Waals surface area contributed by atoms with E-state index in [2.05, 4.69) is 53.1 Å². The molecule has 0 radical (unpaired) electrons. The summed E-state index contributed by atoms with van der Waals surface area (Å²) in [6.07, 6.45) is 3.35. The number of pyridine rings is 1. The van der Waals surface area contributed by atoms with E-state index in [9.17, 15) is 5.11 Å². The monoisotopic (exact) mass is 539 g/mol. The molecular weight excluding hydrogens is 502 g/mol.